The maximum absolute atomic E-state index is 11.0. The third kappa shape index (κ3) is 1.46. The molecule has 2 fully saturated rings. The Morgan fingerprint density at radius 1 is 1.17 bits per heavy atom. The highest BCUT2D eigenvalue weighted by Crippen LogP contribution is 2.36. The molecule has 0 aromatic rings. The maximum Gasteiger partial charge on any atom is 0.310 e. The van der Waals surface area contributed by atoms with Crippen molar-refractivity contribution in [2.75, 3.05) is 6.79 Å². The minimum atomic E-state index is -0.145. The summed E-state index contributed by atoms with van der Waals surface area (Å²) in [5.41, 5.74) is -0.145. The summed E-state index contributed by atoms with van der Waals surface area (Å²) >= 11 is 0. The molecule has 68 valence electrons. The van der Waals surface area contributed by atoms with Gasteiger partial charge in [0.15, 0.2) is 6.79 Å². The van der Waals surface area contributed by atoms with Gasteiger partial charge in [0.1, 0.15) is 0 Å². The van der Waals surface area contributed by atoms with Crippen molar-refractivity contribution < 1.29 is 14.3 Å². The molecule has 0 amide bonds. The van der Waals surface area contributed by atoms with Crippen LogP contribution in [0.15, 0.2) is 0 Å². The molecule has 0 N–H and O–H groups in total. The molecule has 0 bridgehead atoms. The molecule has 0 unspecified atom stereocenters. The Labute approximate surface area is 72.0 Å². The van der Waals surface area contributed by atoms with E-state index in [0.29, 0.717) is 6.42 Å². The zero-order valence-corrected chi connectivity index (χ0v) is 7.17. The molecule has 3 heteroatoms. The van der Waals surface area contributed by atoms with Crippen molar-refractivity contribution >= 4 is 5.97 Å². The first kappa shape index (κ1) is 8.05. The molecule has 2 rings (SSSR count). The average Bonchev–Trinajstić information content (AvgIpc) is 2.05. The standard InChI is InChI=1S/C9H14O3/c10-8-6-9(12-7-11-8)4-2-1-3-5-9/h1-7H2. The minimum Gasteiger partial charge on any atom is -0.438 e. The van der Waals surface area contributed by atoms with E-state index < -0.39 is 0 Å². The molecule has 2 aliphatic rings. The molecule has 0 radical (unpaired) electrons. The topological polar surface area (TPSA) is 35.5 Å². The van der Waals surface area contributed by atoms with E-state index in [-0.39, 0.29) is 18.4 Å². The predicted molar refractivity (Wildman–Crippen MR) is 42.5 cm³/mol. The number of carbonyl (C=O) groups is 1. The molecule has 1 saturated carbocycles. The third-order valence-corrected chi connectivity index (χ3v) is 2.82. The van der Waals surface area contributed by atoms with Gasteiger partial charge in [0.25, 0.3) is 0 Å². The monoisotopic (exact) mass is 170 g/mol. The van der Waals surface area contributed by atoms with Gasteiger partial charge in [-0.15, -0.1) is 0 Å². The SMILES string of the molecule is O=C1CC2(CCCCC2)OCO1. The molecule has 0 aromatic carbocycles. The van der Waals surface area contributed by atoms with Gasteiger partial charge in [-0.1, -0.05) is 19.3 Å². The van der Waals surface area contributed by atoms with Crippen LogP contribution in [-0.2, 0) is 14.3 Å². The van der Waals surface area contributed by atoms with Crippen molar-refractivity contribution in [1.29, 1.82) is 0 Å². The average molecular weight is 170 g/mol. The second-order valence-corrected chi connectivity index (χ2v) is 3.70. The van der Waals surface area contributed by atoms with Crippen molar-refractivity contribution in [3.05, 3.63) is 0 Å². The van der Waals surface area contributed by atoms with Gasteiger partial charge in [-0.3, -0.25) is 4.79 Å². The van der Waals surface area contributed by atoms with Gasteiger partial charge >= 0.3 is 5.97 Å². The molecule has 1 aliphatic heterocycles. The van der Waals surface area contributed by atoms with E-state index in [1.165, 1.54) is 19.3 Å². The Hall–Kier alpha value is -0.570. The van der Waals surface area contributed by atoms with Crippen LogP contribution in [-0.4, -0.2) is 18.4 Å². The Bertz CT molecular complexity index is 177. The van der Waals surface area contributed by atoms with Gasteiger partial charge in [-0.25, -0.2) is 0 Å². The molecular formula is C9H14O3. The molecule has 1 aliphatic carbocycles. The largest absolute Gasteiger partial charge is 0.438 e. The minimum absolute atomic E-state index is 0.0943. The molecule has 1 spiro atoms. The van der Waals surface area contributed by atoms with Gasteiger partial charge in [0.2, 0.25) is 0 Å². The molecule has 0 atom stereocenters. The van der Waals surface area contributed by atoms with Gasteiger partial charge in [-0.05, 0) is 12.8 Å². The van der Waals surface area contributed by atoms with Crippen LogP contribution >= 0.6 is 0 Å². The lowest BCUT2D eigenvalue weighted by molar-refractivity contribution is -0.210. The number of cyclic esters (lactones) is 1. The first-order chi connectivity index (χ1) is 5.81. The van der Waals surface area contributed by atoms with Gasteiger partial charge in [0.05, 0.1) is 12.0 Å². The van der Waals surface area contributed by atoms with E-state index in [1.807, 2.05) is 0 Å². The van der Waals surface area contributed by atoms with E-state index >= 15 is 0 Å². The number of hydrogen-bond donors (Lipinski definition) is 0. The Balaban J connectivity index is 2.02. The van der Waals surface area contributed by atoms with Crippen molar-refractivity contribution in [2.24, 2.45) is 0 Å². The van der Waals surface area contributed by atoms with E-state index in [1.54, 1.807) is 0 Å². The molecule has 12 heavy (non-hydrogen) atoms. The lowest BCUT2D eigenvalue weighted by Gasteiger charge is -2.38. The number of esters is 1. The Morgan fingerprint density at radius 2 is 1.92 bits per heavy atom. The second-order valence-electron chi connectivity index (χ2n) is 3.70. The van der Waals surface area contributed by atoms with Crippen LogP contribution < -0.4 is 0 Å². The van der Waals surface area contributed by atoms with E-state index in [0.717, 1.165) is 12.8 Å². The summed E-state index contributed by atoms with van der Waals surface area (Å²) in [5.74, 6) is -0.0943. The van der Waals surface area contributed by atoms with E-state index in [4.69, 9.17) is 9.47 Å². The van der Waals surface area contributed by atoms with E-state index in [9.17, 15) is 4.79 Å². The van der Waals surface area contributed by atoms with Crippen LogP contribution in [0.3, 0.4) is 0 Å². The smallest absolute Gasteiger partial charge is 0.310 e. The van der Waals surface area contributed by atoms with Crippen LogP contribution in [0.5, 0.6) is 0 Å². The van der Waals surface area contributed by atoms with Gasteiger partial charge < -0.3 is 9.47 Å². The van der Waals surface area contributed by atoms with Crippen LogP contribution in [0.2, 0.25) is 0 Å². The zero-order chi connectivity index (χ0) is 8.44. The number of rotatable bonds is 0. The fourth-order valence-electron chi connectivity index (χ4n) is 2.10. The highest BCUT2D eigenvalue weighted by Gasteiger charge is 2.38. The Kier molecular flexibility index (Phi) is 2.05. The zero-order valence-electron chi connectivity index (χ0n) is 7.17. The van der Waals surface area contributed by atoms with Crippen molar-refractivity contribution in [2.45, 2.75) is 44.1 Å². The van der Waals surface area contributed by atoms with E-state index in [2.05, 4.69) is 0 Å². The van der Waals surface area contributed by atoms with Crippen molar-refractivity contribution in [3.63, 3.8) is 0 Å². The molecule has 3 nitrogen and oxygen atoms in total. The maximum atomic E-state index is 11.0. The third-order valence-electron chi connectivity index (χ3n) is 2.82. The lowest BCUT2D eigenvalue weighted by atomic mass is 9.82. The predicted octanol–water partition coefficient (Wildman–Crippen LogP) is 1.61. The number of hydrogen-bond acceptors (Lipinski definition) is 3. The first-order valence-electron chi connectivity index (χ1n) is 4.60. The fourth-order valence-corrected chi connectivity index (χ4v) is 2.10. The summed E-state index contributed by atoms with van der Waals surface area (Å²) < 4.78 is 10.3. The van der Waals surface area contributed by atoms with Gasteiger partial charge in [0, 0.05) is 0 Å². The number of carbonyl (C=O) groups excluding carboxylic acids is 1. The lowest BCUT2D eigenvalue weighted by Crippen LogP contribution is -2.42. The molecule has 1 saturated heterocycles. The normalized spacial score (nSPS) is 28.5. The highest BCUT2D eigenvalue weighted by atomic mass is 16.7. The van der Waals surface area contributed by atoms with Crippen molar-refractivity contribution in [3.8, 4) is 0 Å². The van der Waals surface area contributed by atoms with Crippen molar-refractivity contribution in [1.82, 2.24) is 0 Å². The summed E-state index contributed by atoms with van der Waals surface area (Å²) in [4.78, 5) is 11.0. The van der Waals surface area contributed by atoms with Crippen LogP contribution in [0.25, 0.3) is 0 Å². The fraction of sp³-hybridized carbons (Fsp3) is 0.889. The van der Waals surface area contributed by atoms with Crippen LogP contribution in [0, 0.1) is 0 Å². The molecule has 1 heterocycles. The van der Waals surface area contributed by atoms with Crippen LogP contribution in [0.1, 0.15) is 38.5 Å². The summed E-state index contributed by atoms with van der Waals surface area (Å²) in [6.45, 7) is 0.166. The second kappa shape index (κ2) is 3.05. The quantitative estimate of drug-likeness (QED) is 0.518. The summed E-state index contributed by atoms with van der Waals surface area (Å²) in [5, 5.41) is 0. The molecule has 0 aromatic heterocycles. The van der Waals surface area contributed by atoms with Crippen LogP contribution in [0.4, 0.5) is 0 Å². The Morgan fingerprint density at radius 3 is 2.58 bits per heavy atom. The molecular weight excluding hydrogens is 156 g/mol. The first-order valence-corrected chi connectivity index (χ1v) is 4.60. The summed E-state index contributed by atoms with van der Waals surface area (Å²) in [7, 11) is 0. The highest BCUT2D eigenvalue weighted by molar-refractivity contribution is 5.71. The number of ether oxygens (including phenoxy) is 2. The summed E-state index contributed by atoms with van der Waals surface area (Å²) in [6.07, 6.45) is 6.18. The summed E-state index contributed by atoms with van der Waals surface area (Å²) in [6, 6.07) is 0. The van der Waals surface area contributed by atoms with Gasteiger partial charge in [-0.2, -0.15) is 0 Å².